The van der Waals surface area contributed by atoms with Crippen LogP contribution in [0.15, 0.2) is 18.2 Å². The molecule has 0 aliphatic carbocycles. The number of hydrogen-bond donors (Lipinski definition) is 2. The number of aliphatic hydroxyl groups is 1. The van der Waals surface area contributed by atoms with Crippen molar-refractivity contribution in [1.82, 2.24) is 5.32 Å². The molecular weight excluding hydrogens is 230 g/mol. The van der Waals surface area contributed by atoms with Gasteiger partial charge in [-0.3, -0.25) is 0 Å². The van der Waals surface area contributed by atoms with Crippen LogP contribution in [0.2, 0.25) is 0 Å². The van der Waals surface area contributed by atoms with E-state index >= 15 is 0 Å². The molecule has 1 heterocycles. The Morgan fingerprint density at radius 1 is 1.22 bits per heavy atom. The lowest BCUT2D eigenvalue weighted by Crippen LogP contribution is -2.30. The summed E-state index contributed by atoms with van der Waals surface area (Å²) in [4.78, 5) is 0. The van der Waals surface area contributed by atoms with Gasteiger partial charge in [0, 0.05) is 18.0 Å². The van der Waals surface area contributed by atoms with Gasteiger partial charge in [0.05, 0.1) is 20.8 Å². The highest BCUT2D eigenvalue weighted by molar-refractivity contribution is 5.39. The van der Waals surface area contributed by atoms with E-state index in [-0.39, 0.29) is 12.0 Å². The minimum absolute atomic E-state index is 0.0443. The van der Waals surface area contributed by atoms with Crippen molar-refractivity contribution in [3.05, 3.63) is 23.8 Å². The van der Waals surface area contributed by atoms with Gasteiger partial charge in [0.25, 0.3) is 0 Å². The molecule has 0 aromatic heterocycles. The Hall–Kier alpha value is -1.26. The molecule has 1 aliphatic rings. The van der Waals surface area contributed by atoms with Gasteiger partial charge in [-0.2, -0.15) is 0 Å². The molecule has 1 aliphatic heterocycles. The van der Waals surface area contributed by atoms with Gasteiger partial charge in [0.2, 0.25) is 0 Å². The second-order valence-electron chi connectivity index (χ2n) is 4.98. The van der Waals surface area contributed by atoms with Gasteiger partial charge in [-0.15, -0.1) is 0 Å². The average molecular weight is 251 g/mol. The van der Waals surface area contributed by atoms with Crippen molar-refractivity contribution in [2.75, 3.05) is 33.9 Å². The minimum Gasteiger partial charge on any atom is -0.497 e. The van der Waals surface area contributed by atoms with Crippen molar-refractivity contribution in [2.24, 2.45) is 5.41 Å². The summed E-state index contributed by atoms with van der Waals surface area (Å²) in [6.45, 7) is 2.05. The maximum absolute atomic E-state index is 9.63. The summed E-state index contributed by atoms with van der Waals surface area (Å²) in [6.07, 6.45) is 1.84. The number of aliphatic hydroxyl groups excluding tert-OH is 1. The van der Waals surface area contributed by atoms with Crippen LogP contribution in [-0.4, -0.2) is 39.0 Å². The molecule has 0 amide bonds. The fourth-order valence-electron chi connectivity index (χ4n) is 2.54. The van der Waals surface area contributed by atoms with Gasteiger partial charge >= 0.3 is 0 Å². The highest BCUT2D eigenvalue weighted by Crippen LogP contribution is 2.32. The first kappa shape index (κ1) is 13.2. The van der Waals surface area contributed by atoms with Crippen molar-refractivity contribution in [3.63, 3.8) is 0 Å². The SMILES string of the molecule is COc1cc(CC2(CO)CCNC2)cc(OC)c1. The van der Waals surface area contributed by atoms with Crippen LogP contribution in [0.4, 0.5) is 0 Å². The summed E-state index contributed by atoms with van der Waals surface area (Å²) >= 11 is 0. The number of benzene rings is 1. The van der Waals surface area contributed by atoms with Crippen LogP contribution in [0.5, 0.6) is 11.5 Å². The van der Waals surface area contributed by atoms with Crippen molar-refractivity contribution in [1.29, 1.82) is 0 Å². The van der Waals surface area contributed by atoms with Gasteiger partial charge in [0.15, 0.2) is 0 Å². The Labute approximate surface area is 108 Å². The van der Waals surface area contributed by atoms with Crippen LogP contribution < -0.4 is 14.8 Å². The van der Waals surface area contributed by atoms with Crippen LogP contribution in [0.3, 0.4) is 0 Å². The first-order valence-electron chi connectivity index (χ1n) is 6.25. The largest absolute Gasteiger partial charge is 0.497 e. The monoisotopic (exact) mass is 251 g/mol. The van der Waals surface area contributed by atoms with Gasteiger partial charge in [0.1, 0.15) is 11.5 Å². The number of nitrogens with one attached hydrogen (secondary N) is 1. The van der Waals surface area contributed by atoms with Gasteiger partial charge < -0.3 is 19.9 Å². The van der Waals surface area contributed by atoms with E-state index in [1.807, 2.05) is 18.2 Å². The van der Waals surface area contributed by atoms with Crippen molar-refractivity contribution >= 4 is 0 Å². The summed E-state index contributed by atoms with van der Waals surface area (Å²) in [5, 5.41) is 12.9. The molecule has 1 atom stereocenters. The molecule has 1 aromatic rings. The molecule has 2 N–H and O–H groups in total. The fourth-order valence-corrected chi connectivity index (χ4v) is 2.54. The molecule has 1 aromatic carbocycles. The molecule has 2 rings (SSSR count). The molecule has 100 valence electrons. The lowest BCUT2D eigenvalue weighted by molar-refractivity contribution is 0.142. The molecular formula is C14H21NO3. The molecule has 0 saturated carbocycles. The zero-order valence-corrected chi connectivity index (χ0v) is 11.0. The van der Waals surface area contributed by atoms with Gasteiger partial charge in [-0.05, 0) is 37.1 Å². The topological polar surface area (TPSA) is 50.7 Å². The van der Waals surface area contributed by atoms with Crippen LogP contribution >= 0.6 is 0 Å². The third-order valence-electron chi connectivity index (χ3n) is 3.66. The Morgan fingerprint density at radius 2 is 1.89 bits per heavy atom. The molecule has 4 nitrogen and oxygen atoms in total. The Morgan fingerprint density at radius 3 is 2.33 bits per heavy atom. The highest BCUT2D eigenvalue weighted by Gasteiger charge is 2.33. The van der Waals surface area contributed by atoms with Crippen LogP contribution in [0.25, 0.3) is 0 Å². The van der Waals surface area contributed by atoms with Crippen molar-refractivity contribution in [2.45, 2.75) is 12.8 Å². The van der Waals surface area contributed by atoms with Crippen molar-refractivity contribution < 1.29 is 14.6 Å². The molecule has 4 heteroatoms. The Bertz CT molecular complexity index is 378. The lowest BCUT2D eigenvalue weighted by Gasteiger charge is -2.26. The Balaban J connectivity index is 2.21. The maximum atomic E-state index is 9.63. The van der Waals surface area contributed by atoms with E-state index in [1.165, 1.54) is 0 Å². The predicted molar refractivity (Wildman–Crippen MR) is 70.3 cm³/mol. The van der Waals surface area contributed by atoms with E-state index in [0.717, 1.165) is 43.0 Å². The summed E-state index contributed by atoms with van der Waals surface area (Å²) in [5.41, 5.74) is 1.10. The summed E-state index contributed by atoms with van der Waals surface area (Å²) in [5.74, 6) is 1.59. The van der Waals surface area contributed by atoms with E-state index in [0.29, 0.717) is 0 Å². The van der Waals surface area contributed by atoms with E-state index in [2.05, 4.69) is 5.32 Å². The number of rotatable bonds is 5. The Kier molecular flexibility index (Phi) is 4.09. The van der Waals surface area contributed by atoms with E-state index in [4.69, 9.17) is 9.47 Å². The van der Waals surface area contributed by atoms with Crippen LogP contribution in [-0.2, 0) is 6.42 Å². The predicted octanol–water partition coefficient (Wildman–Crippen LogP) is 1.22. The maximum Gasteiger partial charge on any atom is 0.122 e. The molecule has 0 radical (unpaired) electrons. The number of methoxy groups -OCH3 is 2. The third kappa shape index (κ3) is 2.76. The lowest BCUT2D eigenvalue weighted by atomic mass is 9.81. The number of hydrogen-bond acceptors (Lipinski definition) is 4. The fraction of sp³-hybridized carbons (Fsp3) is 0.571. The first-order valence-corrected chi connectivity index (χ1v) is 6.25. The van der Waals surface area contributed by atoms with Gasteiger partial charge in [-0.1, -0.05) is 0 Å². The second-order valence-corrected chi connectivity index (χ2v) is 4.98. The normalized spacial score (nSPS) is 23.1. The highest BCUT2D eigenvalue weighted by atomic mass is 16.5. The molecule has 1 saturated heterocycles. The second kappa shape index (κ2) is 5.59. The van der Waals surface area contributed by atoms with Crippen LogP contribution in [0.1, 0.15) is 12.0 Å². The van der Waals surface area contributed by atoms with E-state index < -0.39 is 0 Å². The quantitative estimate of drug-likeness (QED) is 0.826. The zero-order chi connectivity index (χ0) is 13.0. The molecule has 1 fully saturated rings. The number of ether oxygens (including phenoxy) is 2. The summed E-state index contributed by atoms with van der Waals surface area (Å²) < 4.78 is 10.5. The minimum atomic E-state index is -0.0443. The smallest absolute Gasteiger partial charge is 0.122 e. The van der Waals surface area contributed by atoms with Crippen molar-refractivity contribution in [3.8, 4) is 11.5 Å². The summed E-state index contributed by atoms with van der Waals surface area (Å²) in [7, 11) is 3.30. The molecule has 1 unspecified atom stereocenters. The van der Waals surface area contributed by atoms with Crippen LogP contribution in [0, 0.1) is 5.41 Å². The van der Waals surface area contributed by atoms with E-state index in [1.54, 1.807) is 14.2 Å². The zero-order valence-electron chi connectivity index (χ0n) is 11.0. The molecule has 18 heavy (non-hydrogen) atoms. The third-order valence-corrected chi connectivity index (χ3v) is 3.66. The molecule has 0 bridgehead atoms. The van der Waals surface area contributed by atoms with Gasteiger partial charge in [-0.25, -0.2) is 0 Å². The van der Waals surface area contributed by atoms with E-state index in [9.17, 15) is 5.11 Å². The first-order chi connectivity index (χ1) is 8.71. The molecule has 0 spiro atoms. The standard InChI is InChI=1S/C14H21NO3/c1-17-12-5-11(6-13(7-12)18-2)8-14(10-16)3-4-15-9-14/h5-7,15-16H,3-4,8-10H2,1-2H3. The average Bonchev–Trinajstić information content (AvgIpc) is 2.87. The summed E-state index contributed by atoms with van der Waals surface area (Å²) in [6, 6.07) is 5.89.